The highest BCUT2D eigenvalue weighted by atomic mass is 19.1. The summed E-state index contributed by atoms with van der Waals surface area (Å²) in [6.45, 7) is 0. The molecule has 116 valence electrons. The zero-order valence-electron chi connectivity index (χ0n) is 12.8. The second-order valence-electron chi connectivity index (χ2n) is 5.53. The van der Waals surface area contributed by atoms with Crippen molar-refractivity contribution < 1.29 is 4.39 Å². The fourth-order valence-corrected chi connectivity index (χ4v) is 2.75. The van der Waals surface area contributed by atoms with Gasteiger partial charge in [0.2, 0.25) is 0 Å². The lowest BCUT2D eigenvalue weighted by Crippen LogP contribution is -1.86. The smallest absolute Gasteiger partial charge is 0.140 e. The van der Waals surface area contributed by atoms with Gasteiger partial charge in [0.15, 0.2) is 0 Å². The van der Waals surface area contributed by atoms with Crippen molar-refractivity contribution in [3.8, 4) is 28.3 Å². The van der Waals surface area contributed by atoms with Crippen LogP contribution in [0.1, 0.15) is 5.56 Å². The van der Waals surface area contributed by atoms with E-state index >= 15 is 0 Å². The molecule has 4 rings (SSSR count). The third-order valence-corrected chi connectivity index (χ3v) is 3.97. The number of rotatable bonds is 2. The number of nitriles is 1. The van der Waals surface area contributed by atoms with Crippen LogP contribution in [0.5, 0.6) is 0 Å². The Bertz CT molecular complexity index is 1100. The minimum Gasteiger partial charge on any atom is -0.346 e. The van der Waals surface area contributed by atoms with Gasteiger partial charge in [-0.25, -0.2) is 9.37 Å². The molecule has 0 aliphatic carbocycles. The van der Waals surface area contributed by atoms with Gasteiger partial charge in [-0.15, -0.1) is 0 Å². The number of nitrogens with one attached hydrogen (secondary N) is 1. The summed E-state index contributed by atoms with van der Waals surface area (Å²) in [4.78, 5) is 7.56. The van der Waals surface area contributed by atoms with Gasteiger partial charge in [0.1, 0.15) is 17.5 Å². The maximum atomic E-state index is 13.6. The van der Waals surface area contributed by atoms with Crippen LogP contribution in [0.3, 0.4) is 0 Å². The summed E-state index contributed by atoms with van der Waals surface area (Å²) in [5.41, 5.74) is 4.32. The van der Waals surface area contributed by atoms with Crippen molar-refractivity contribution in [1.29, 1.82) is 5.26 Å². The molecule has 0 aliphatic heterocycles. The van der Waals surface area contributed by atoms with E-state index in [1.54, 1.807) is 29.2 Å². The van der Waals surface area contributed by atoms with Crippen LogP contribution in [0, 0.1) is 17.1 Å². The van der Waals surface area contributed by atoms with Crippen molar-refractivity contribution in [2.75, 3.05) is 0 Å². The number of aryl methyl sites for hydroxylation is 1. The van der Waals surface area contributed by atoms with Crippen LogP contribution < -0.4 is 0 Å². The van der Waals surface area contributed by atoms with E-state index in [9.17, 15) is 4.39 Å². The molecule has 6 heteroatoms. The molecule has 0 bridgehead atoms. The molecule has 0 aliphatic rings. The summed E-state index contributed by atoms with van der Waals surface area (Å²) in [6.07, 6.45) is 7.30. The Kier molecular flexibility index (Phi) is 3.14. The van der Waals surface area contributed by atoms with Crippen LogP contribution in [0.25, 0.3) is 33.3 Å². The van der Waals surface area contributed by atoms with Crippen molar-refractivity contribution in [2.24, 2.45) is 7.05 Å². The highest BCUT2D eigenvalue weighted by Gasteiger charge is 2.12. The lowest BCUT2D eigenvalue weighted by molar-refractivity contribution is 0.624. The van der Waals surface area contributed by atoms with E-state index < -0.39 is 5.82 Å². The number of aromatic amines is 1. The quantitative estimate of drug-likeness (QED) is 0.613. The highest BCUT2D eigenvalue weighted by Crippen LogP contribution is 2.31. The van der Waals surface area contributed by atoms with Crippen molar-refractivity contribution in [2.45, 2.75) is 0 Å². The second-order valence-corrected chi connectivity index (χ2v) is 5.53. The number of hydrogen-bond acceptors (Lipinski definition) is 3. The average molecular weight is 317 g/mol. The molecule has 1 N–H and O–H groups in total. The normalized spacial score (nSPS) is 10.9. The molecule has 3 heterocycles. The second kappa shape index (κ2) is 5.32. The summed E-state index contributed by atoms with van der Waals surface area (Å²) >= 11 is 0. The molecule has 4 aromatic rings. The van der Waals surface area contributed by atoms with Crippen LogP contribution in [0.15, 0.2) is 49.1 Å². The molecule has 0 saturated carbocycles. The predicted molar refractivity (Wildman–Crippen MR) is 88.4 cm³/mol. The van der Waals surface area contributed by atoms with Gasteiger partial charge in [-0.05, 0) is 23.8 Å². The first-order valence-corrected chi connectivity index (χ1v) is 7.32. The molecule has 0 radical (unpaired) electrons. The van der Waals surface area contributed by atoms with E-state index in [1.165, 1.54) is 6.07 Å². The van der Waals surface area contributed by atoms with Gasteiger partial charge >= 0.3 is 0 Å². The number of halogens is 1. The number of benzene rings is 1. The van der Waals surface area contributed by atoms with Crippen molar-refractivity contribution in [1.82, 2.24) is 19.7 Å². The number of nitrogens with zero attached hydrogens (tertiary/aromatic N) is 4. The lowest BCUT2D eigenvalue weighted by Gasteiger charge is -2.03. The summed E-state index contributed by atoms with van der Waals surface area (Å²) < 4.78 is 15.3. The van der Waals surface area contributed by atoms with Gasteiger partial charge in [-0.2, -0.15) is 10.4 Å². The Morgan fingerprint density at radius 1 is 1.17 bits per heavy atom. The molecule has 0 unspecified atom stereocenters. The molecule has 1 aromatic carbocycles. The monoisotopic (exact) mass is 317 g/mol. The molecule has 0 spiro atoms. The van der Waals surface area contributed by atoms with Gasteiger partial charge in [-0.1, -0.05) is 6.07 Å². The van der Waals surface area contributed by atoms with Crippen molar-refractivity contribution in [3.05, 3.63) is 60.4 Å². The molecular weight excluding hydrogens is 305 g/mol. The Morgan fingerprint density at radius 3 is 2.79 bits per heavy atom. The number of hydrogen-bond donors (Lipinski definition) is 1. The largest absolute Gasteiger partial charge is 0.346 e. The third kappa shape index (κ3) is 2.23. The van der Waals surface area contributed by atoms with Crippen LogP contribution >= 0.6 is 0 Å². The van der Waals surface area contributed by atoms with Gasteiger partial charge < -0.3 is 4.98 Å². The average Bonchev–Trinajstić information content (AvgIpc) is 3.21. The highest BCUT2D eigenvalue weighted by molar-refractivity contribution is 5.95. The third-order valence-electron chi connectivity index (χ3n) is 3.97. The minimum atomic E-state index is -0.518. The lowest BCUT2D eigenvalue weighted by atomic mass is 10.0. The predicted octanol–water partition coefficient (Wildman–Crippen LogP) is 3.64. The maximum Gasteiger partial charge on any atom is 0.140 e. The summed E-state index contributed by atoms with van der Waals surface area (Å²) in [7, 11) is 1.86. The Hall–Kier alpha value is -3.46. The van der Waals surface area contributed by atoms with Crippen LogP contribution in [0.4, 0.5) is 4.39 Å². The van der Waals surface area contributed by atoms with E-state index in [4.69, 9.17) is 5.26 Å². The SMILES string of the molecule is Cn1cc(-c2cnc3[nH]cc(-c4ccc(F)c(C#N)c4)c3c2)cn1. The Morgan fingerprint density at radius 2 is 2.04 bits per heavy atom. The first-order chi connectivity index (χ1) is 11.7. The summed E-state index contributed by atoms with van der Waals surface area (Å²) in [5, 5.41) is 14.1. The molecular formula is C18H12FN5. The molecule has 0 amide bonds. The molecule has 24 heavy (non-hydrogen) atoms. The number of aromatic nitrogens is 4. The fraction of sp³-hybridized carbons (Fsp3) is 0.0556. The van der Waals surface area contributed by atoms with E-state index in [2.05, 4.69) is 15.1 Å². The molecule has 0 fully saturated rings. The Labute approximate surface area is 137 Å². The standard InChI is InChI=1S/C18H12FN5/c1-24-10-14(8-23-24)13-5-15-16(9-22-18(15)21-7-13)11-2-3-17(19)12(4-11)6-20/h2-5,7-10H,1H3,(H,21,22). The van der Waals surface area contributed by atoms with Crippen LogP contribution in [-0.4, -0.2) is 19.7 Å². The van der Waals surface area contributed by atoms with Crippen LogP contribution in [-0.2, 0) is 7.05 Å². The molecule has 5 nitrogen and oxygen atoms in total. The van der Waals surface area contributed by atoms with Gasteiger partial charge in [0, 0.05) is 47.7 Å². The fourth-order valence-electron chi connectivity index (χ4n) is 2.75. The van der Waals surface area contributed by atoms with E-state index in [0.29, 0.717) is 0 Å². The first kappa shape index (κ1) is 14.2. The van der Waals surface area contributed by atoms with Gasteiger partial charge in [0.05, 0.1) is 11.8 Å². The van der Waals surface area contributed by atoms with E-state index in [-0.39, 0.29) is 5.56 Å². The zero-order chi connectivity index (χ0) is 16.7. The van der Waals surface area contributed by atoms with Crippen molar-refractivity contribution in [3.63, 3.8) is 0 Å². The maximum absolute atomic E-state index is 13.6. The number of H-pyrrole nitrogens is 1. The zero-order valence-corrected chi connectivity index (χ0v) is 12.8. The number of fused-ring (bicyclic) bond motifs is 1. The van der Waals surface area contributed by atoms with Crippen molar-refractivity contribution >= 4 is 11.0 Å². The summed E-state index contributed by atoms with van der Waals surface area (Å²) in [6, 6.07) is 8.41. The number of pyridine rings is 1. The van der Waals surface area contributed by atoms with Gasteiger partial charge in [0.25, 0.3) is 0 Å². The van der Waals surface area contributed by atoms with Crippen LogP contribution in [0.2, 0.25) is 0 Å². The first-order valence-electron chi connectivity index (χ1n) is 7.32. The molecule has 0 saturated heterocycles. The van der Waals surface area contributed by atoms with E-state index in [0.717, 1.165) is 33.3 Å². The molecule has 0 atom stereocenters. The Balaban J connectivity index is 1.89. The summed E-state index contributed by atoms with van der Waals surface area (Å²) in [5.74, 6) is -0.518. The topological polar surface area (TPSA) is 70.3 Å². The van der Waals surface area contributed by atoms with E-state index in [1.807, 2.05) is 31.6 Å². The van der Waals surface area contributed by atoms with Gasteiger partial charge in [-0.3, -0.25) is 4.68 Å². The molecule has 3 aromatic heterocycles. The minimum absolute atomic E-state index is 0.0261.